The fraction of sp³-hybridized carbons (Fsp3) is 0.615. The normalized spacial score (nSPS) is 33.4. The van der Waals surface area contributed by atoms with Gasteiger partial charge in [0.05, 0.1) is 6.61 Å². The van der Waals surface area contributed by atoms with Crippen LogP contribution in [0, 0.1) is 6.92 Å². The minimum absolute atomic E-state index is 0.0196. The lowest BCUT2D eigenvalue weighted by Crippen LogP contribution is -2.59. The summed E-state index contributed by atoms with van der Waals surface area (Å²) >= 11 is 5.99. The van der Waals surface area contributed by atoms with Crippen LogP contribution in [0.1, 0.15) is 11.1 Å². The molecule has 7 heteroatoms. The van der Waals surface area contributed by atoms with E-state index in [9.17, 15) is 15.3 Å². The second-order valence-corrected chi connectivity index (χ2v) is 5.67. The van der Waals surface area contributed by atoms with E-state index < -0.39 is 24.5 Å². The van der Waals surface area contributed by atoms with Crippen molar-refractivity contribution in [3.05, 3.63) is 22.3 Å². The van der Waals surface area contributed by atoms with Crippen LogP contribution in [0.2, 0.25) is 5.15 Å². The van der Waals surface area contributed by atoms with Crippen LogP contribution in [0.3, 0.4) is 0 Å². The quantitative estimate of drug-likeness (QED) is 0.625. The molecule has 3 rings (SSSR count). The van der Waals surface area contributed by atoms with Gasteiger partial charge in [-0.3, -0.25) is 0 Å². The first-order valence-corrected chi connectivity index (χ1v) is 6.95. The van der Waals surface area contributed by atoms with Gasteiger partial charge in [0.1, 0.15) is 29.3 Å². The van der Waals surface area contributed by atoms with Crippen molar-refractivity contribution in [1.29, 1.82) is 0 Å². The highest BCUT2D eigenvalue weighted by Crippen LogP contribution is 2.34. The molecular weight excluding hydrogens is 284 g/mol. The number of aryl methyl sites for hydroxylation is 1. The van der Waals surface area contributed by atoms with E-state index in [1.807, 2.05) is 6.92 Å². The number of hydrogen-bond donors (Lipinski definition) is 3. The van der Waals surface area contributed by atoms with Gasteiger partial charge in [-0.25, -0.2) is 4.98 Å². The van der Waals surface area contributed by atoms with Crippen LogP contribution in [0.25, 0.3) is 0 Å². The molecule has 0 radical (unpaired) electrons. The number of pyridine rings is 1. The minimum atomic E-state index is -1.22. The molecule has 110 valence electrons. The fourth-order valence-corrected chi connectivity index (χ4v) is 3.08. The van der Waals surface area contributed by atoms with Crippen molar-refractivity contribution in [2.45, 2.75) is 37.9 Å². The van der Waals surface area contributed by atoms with E-state index in [4.69, 9.17) is 16.3 Å². The molecule has 2 aliphatic rings. The summed E-state index contributed by atoms with van der Waals surface area (Å²) in [4.78, 5) is 6.11. The van der Waals surface area contributed by atoms with Crippen LogP contribution in [0.5, 0.6) is 0 Å². The Bertz CT molecular complexity index is 527. The number of anilines is 1. The van der Waals surface area contributed by atoms with Crippen LogP contribution in [-0.2, 0) is 11.2 Å². The van der Waals surface area contributed by atoms with E-state index in [0.29, 0.717) is 17.5 Å². The third-order valence-electron chi connectivity index (χ3n) is 3.95. The second kappa shape index (κ2) is 5.13. The highest BCUT2D eigenvalue weighted by Gasteiger charge is 2.43. The Labute approximate surface area is 121 Å². The number of nitrogens with zero attached hydrogens (tertiary/aromatic N) is 2. The fourth-order valence-electron chi connectivity index (χ4n) is 2.84. The van der Waals surface area contributed by atoms with E-state index in [1.54, 1.807) is 11.0 Å². The summed E-state index contributed by atoms with van der Waals surface area (Å²) in [6, 6.07) is 1.81. The summed E-state index contributed by atoms with van der Waals surface area (Å²) in [5, 5.41) is 29.8. The molecule has 1 saturated heterocycles. The summed E-state index contributed by atoms with van der Waals surface area (Å²) < 4.78 is 5.48. The third-order valence-corrected chi connectivity index (χ3v) is 4.14. The predicted molar refractivity (Wildman–Crippen MR) is 72.8 cm³/mol. The maximum atomic E-state index is 10.1. The lowest BCUT2D eigenvalue weighted by molar-refractivity contribution is -0.186. The van der Waals surface area contributed by atoms with E-state index in [2.05, 4.69) is 4.98 Å². The highest BCUT2D eigenvalue weighted by molar-refractivity contribution is 6.29. The number of ether oxygens (including phenoxy) is 1. The van der Waals surface area contributed by atoms with Crippen molar-refractivity contribution < 1.29 is 20.1 Å². The Hall–Kier alpha value is -0.920. The number of halogens is 1. The van der Waals surface area contributed by atoms with E-state index in [-0.39, 0.29) is 6.61 Å². The van der Waals surface area contributed by atoms with Crippen molar-refractivity contribution in [2.75, 3.05) is 18.1 Å². The standard InChI is InChI=1S/C13H17ClN2O4/c1-6-4-9(14)15-12-7(6)2-3-16(12)13-11(19)10(18)8(17)5-20-13/h4,8,10-11,13,17-19H,2-3,5H2,1H3/t8-,10-,11+,13?/m0/s1. The molecule has 4 atom stereocenters. The van der Waals surface area contributed by atoms with Gasteiger partial charge in [-0.2, -0.15) is 0 Å². The van der Waals surface area contributed by atoms with Gasteiger partial charge in [-0.15, -0.1) is 0 Å². The van der Waals surface area contributed by atoms with Crippen molar-refractivity contribution in [1.82, 2.24) is 4.98 Å². The van der Waals surface area contributed by atoms with Crippen molar-refractivity contribution in [2.24, 2.45) is 0 Å². The van der Waals surface area contributed by atoms with Gasteiger partial charge in [0, 0.05) is 6.54 Å². The maximum absolute atomic E-state index is 10.1. The number of aliphatic hydroxyl groups excluding tert-OH is 3. The molecule has 0 aliphatic carbocycles. The van der Waals surface area contributed by atoms with Crippen LogP contribution >= 0.6 is 11.6 Å². The van der Waals surface area contributed by atoms with Crippen LogP contribution in [-0.4, -0.2) is 58.0 Å². The molecule has 0 amide bonds. The van der Waals surface area contributed by atoms with Gasteiger partial charge in [0.15, 0.2) is 6.23 Å². The number of hydrogen-bond acceptors (Lipinski definition) is 6. The Morgan fingerprint density at radius 2 is 2.10 bits per heavy atom. The predicted octanol–water partition coefficient (Wildman–Crippen LogP) is -0.155. The Morgan fingerprint density at radius 3 is 2.85 bits per heavy atom. The molecule has 1 aromatic rings. The van der Waals surface area contributed by atoms with E-state index in [1.165, 1.54) is 0 Å². The first-order valence-electron chi connectivity index (χ1n) is 6.57. The zero-order valence-corrected chi connectivity index (χ0v) is 11.8. The van der Waals surface area contributed by atoms with E-state index in [0.717, 1.165) is 17.5 Å². The number of aliphatic hydroxyl groups is 3. The Morgan fingerprint density at radius 1 is 1.35 bits per heavy atom. The average molecular weight is 301 g/mol. The maximum Gasteiger partial charge on any atom is 0.160 e. The largest absolute Gasteiger partial charge is 0.388 e. The van der Waals surface area contributed by atoms with Crippen molar-refractivity contribution in [3.63, 3.8) is 0 Å². The molecule has 1 aromatic heterocycles. The van der Waals surface area contributed by atoms with Gasteiger partial charge in [-0.05, 0) is 30.5 Å². The van der Waals surface area contributed by atoms with Gasteiger partial charge < -0.3 is 25.0 Å². The first kappa shape index (κ1) is 14.0. The molecular formula is C13H17ClN2O4. The van der Waals surface area contributed by atoms with Crippen molar-refractivity contribution in [3.8, 4) is 0 Å². The zero-order valence-electron chi connectivity index (χ0n) is 11.0. The number of fused-ring (bicyclic) bond motifs is 1. The molecule has 1 fully saturated rings. The number of aromatic nitrogens is 1. The first-order chi connectivity index (χ1) is 9.49. The van der Waals surface area contributed by atoms with Gasteiger partial charge in [0.25, 0.3) is 0 Å². The molecule has 0 saturated carbocycles. The van der Waals surface area contributed by atoms with Gasteiger partial charge in [0.2, 0.25) is 0 Å². The van der Waals surface area contributed by atoms with Gasteiger partial charge in [-0.1, -0.05) is 11.6 Å². The Balaban J connectivity index is 1.91. The average Bonchev–Trinajstić information content (AvgIpc) is 2.80. The smallest absolute Gasteiger partial charge is 0.160 e. The van der Waals surface area contributed by atoms with E-state index >= 15 is 0 Å². The SMILES string of the molecule is Cc1cc(Cl)nc2c1CCN2C1OC[C@H](O)[C@H](O)[C@H]1O. The summed E-state index contributed by atoms with van der Waals surface area (Å²) in [5.74, 6) is 0.683. The summed E-state index contributed by atoms with van der Waals surface area (Å²) in [7, 11) is 0. The molecule has 0 bridgehead atoms. The Kier molecular flexibility index (Phi) is 3.60. The summed E-state index contributed by atoms with van der Waals surface area (Å²) in [6.45, 7) is 2.58. The molecule has 0 aromatic carbocycles. The van der Waals surface area contributed by atoms with Crippen LogP contribution in [0.4, 0.5) is 5.82 Å². The lowest BCUT2D eigenvalue weighted by Gasteiger charge is -2.40. The third kappa shape index (κ3) is 2.17. The van der Waals surface area contributed by atoms with Crippen LogP contribution < -0.4 is 4.90 Å². The van der Waals surface area contributed by atoms with Crippen LogP contribution in [0.15, 0.2) is 6.07 Å². The molecule has 3 heterocycles. The highest BCUT2D eigenvalue weighted by atomic mass is 35.5. The minimum Gasteiger partial charge on any atom is -0.388 e. The topological polar surface area (TPSA) is 86.1 Å². The molecule has 6 nitrogen and oxygen atoms in total. The van der Waals surface area contributed by atoms with Gasteiger partial charge >= 0.3 is 0 Å². The molecule has 3 N–H and O–H groups in total. The number of rotatable bonds is 1. The summed E-state index contributed by atoms with van der Waals surface area (Å²) in [5.41, 5.74) is 2.12. The van der Waals surface area contributed by atoms with Crippen molar-refractivity contribution >= 4 is 17.4 Å². The second-order valence-electron chi connectivity index (χ2n) is 5.28. The molecule has 1 unspecified atom stereocenters. The monoisotopic (exact) mass is 300 g/mol. The zero-order chi connectivity index (χ0) is 14.4. The lowest BCUT2D eigenvalue weighted by atomic mass is 10.0. The summed E-state index contributed by atoms with van der Waals surface area (Å²) in [6.07, 6.45) is -3.42. The molecule has 0 spiro atoms. The molecule has 2 aliphatic heterocycles. The molecule has 20 heavy (non-hydrogen) atoms.